The Bertz CT molecular complexity index is 390. The summed E-state index contributed by atoms with van der Waals surface area (Å²) in [6, 6.07) is 2.02. The van der Waals surface area contributed by atoms with Crippen LogP contribution < -0.4 is 10.1 Å². The lowest BCUT2D eigenvalue weighted by Crippen LogP contribution is -2.17. The number of hydrogen-bond donors (Lipinski definition) is 1. The lowest BCUT2D eigenvalue weighted by Gasteiger charge is -2.18. The number of fused-ring (bicyclic) bond motifs is 2. The van der Waals surface area contributed by atoms with Crippen LogP contribution in [0.5, 0.6) is 5.75 Å². The van der Waals surface area contributed by atoms with E-state index in [4.69, 9.17) is 4.74 Å². The number of hydrogen-bond acceptors (Lipinski definition) is 3. The van der Waals surface area contributed by atoms with E-state index < -0.39 is 0 Å². The Morgan fingerprint density at radius 2 is 2.33 bits per heavy atom. The van der Waals surface area contributed by atoms with Crippen LogP contribution in [0.3, 0.4) is 0 Å². The minimum absolute atomic E-state index is 0. The van der Waals surface area contributed by atoms with E-state index in [0.717, 1.165) is 18.7 Å². The Morgan fingerprint density at radius 3 is 3.20 bits per heavy atom. The van der Waals surface area contributed by atoms with E-state index >= 15 is 0 Å². The predicted octanol–water partition coefficient (Wildman–Crippen LogP) is 2.45. The van der Waals surface area contributed by atoms with Crippen LogP contribution in [0.25, 0.3) is 5.57 Å². The molecule has 0 saturated heterocycles. The van der Waals surface area contributed by atoms with Crippen molar-refractivity contribution in [1.82, 2.24) is 10.3 Å². The van der Waals surface area contributed by atoms with Gasteiger partial charge < -0.3 is 10.1 Å². The summed E-state index contributed by atoms with van der Waals surface area (Å²) >= 11 is 0. The van der Waals surface area contributed by atoms with Crippen molar-refractivity contribution < 1.29 is 6.16 Å². The van der Waals surface area contributed by atoms with Gasteiger partial charge in [0.1, 0.15) is 12.4 Å². The smallest absolute Gasteiger partial charge is 0.145 e. The lowest BCUT2D eigenvalue weighted by atomic mass is 10.0. The zero-order valence-electron chi connectivity index (χ0n) is 9.21. The van der Waals surface area contributed by atoms with Crippen molar-refractivity contribution in [2.75, 3.05) is 13.2 Å². The van der Waals surface area contributed by atoms with Gasteiger partial charge in [-0.05, 0) is 18.1 Å². The second kappa shape index (κ2) is 4.34. The van der Waals surface area contributed by atoms with Gasteiger partial charge in [0.25, 0.3) is 0 Å². The van der Waals surface area contributed by atoms with E-state index in [1.165, 1.54) is 16.8 Å². The Balaban J connectivity index is 0.000000406. The van der Waals surface area contributed by atoms with E-state index in [1.54, 1.807) is 6.20 Å². The topological polar surface area (TPSA) is 34.1 Å². The van der Waals surface area contributed by atoms with Crippen LogP contribution in [0, 0.1) is 0 Å². The molecule has 0 amide bonds. The summed E-state index contributed by atoms with van der Waals surface area (Å²) in [4.78, 5) is 4.04. The second-order valence-corrected chi connectivity index (χ2v) is 3.29. The summed E-state index contributed by atoms with van der Waals surface area (Å²) in [5, 5.41) is 3.33. The summed E-state index contributed by atoms with van der Waals surface area (Å²) in [7, 11) is 0. The molecule has 3 rings (SSSR count). The van der Waals surface area contributed by atoms with Crippen molar-refractivity contribution in [3.8, 4) is 5.75 Å². The summed E-state index contributed by atoms with van der Waals surface area (Å²) in [6.45, 7) is 5.71. The molecule has 82 valence electrons. The van der Waals surface area contributed by atoms with Gasteiger partial charge in [0.15, 0.2) is 0 Å². The van der Waals surface area contributed by atoms with Gasteiger partial charge in [0, 0.05) is 19.7 Å². The molecule has 0 unspecified atom stereocenters. The molecule has 3 heterocycles. The summed E-state index contributed by atoms with van der Waals surface area (Å²) in [5.74, 6) is 0.921. The highest BCUT2D eigenvalue weighted by atomic mass is 16.5. The van der Waals surface area contributed by atoms with Crippen LogP contribution in [0.4, 0.5) is 0 Å². The van der Waals surface area contributed by atoms with Gasteiger partial charge in [-0.3, -0.25) is 4.98 Å². The quantitative estimate of drug-likeness (QED) is 0.708. The van der Waals surface area contributed by atoms with Crippen molar-refractivity contribution in [3.63, 3.8) is 0 Å². The molecule has 1 aromatic heterocycles. The molecule has 0 bridgehead atoms. The van der Waals surface area contributed by atoms with Crippen LogP contribution in [0.15, 0.2) is 24.2 Å². The fourth-order valence-electron chi connectivity index (χ4n) is 1.93. The third-order valence-corrected chi connectivity index (χ3v) is 2.56. The largest absolute Gasteiger partial charge is 0.485 e. The molecule has 3 nitrogen and oxygen atoms in total. The number of nitrogens with one attached hydrogen (secondary N) is 1. The monoisotopic (exact) mass is 206 g/mol. The van der Waals surface area contributed by atoms with Crippen molar-refractivity contribution in [3.05, 3.63) is 29.7 Å². The van der Waals surface area contributed by atoms with Gasteiger partial charge in [-0.2, -0.15) is 0 Å². The average molecular weight is 206 g/mol. The molecule has 2 aliphatic heterocycles. The van der Waals surface area contributed by atoms with E-state index in [9.17, 15) is 0 Å². The molecule has 0 aliphatic carbocycles. The van der Waals surface area contributed by atoms with E-state index in [1.807, 2.05) is 26.1 Å². The van der Waals surface area contributed by atoms with Gasteiger partial charge in [-0.1, -0.05) is 13.8 Å². The fraction of sp³-hybridized carbons (Fsp3) is 0.417. The predicted molar refractivity (Wildman–Crippen MR) is 62.7 cm³/mol. The van der Waals surface area contributed by atoms with Gasteiger partial charge in [0.05, 0.1) is 11.9 Å². The maximum Gasteiger partial charge on any atom is 0.145 e. The summed E-state index contributed by atoms with van der Waals surface area (Å²) < 4.78 is 5.55. The van der Waals surface area contributed by atoms with Crippen LogP contribution in [0.2, 0.25) is 0 Å². The molecule has 0 atom stereocenters. The van der Waals surface area contributed by atoms with E-state index in [-0.39, 0.29) is 1.43 Å². The minimum Gasteiger partial charge on any atom is -0.485 e. The zero-order valence-corrected chi connectivity index (χ0v) is 9.21. The van der Waals surface area contributed by atoms with Crippen molar-refractivity contribution in [1.29, 1.82) is 0 Å². The van der Waals surface area contributed by atoms with Crippen molar-refractivity contribution >= 4 is 5.57 Å². The molecular weight excluding hydrogens is 188 g/mol. The number of rotatable bonds is 0. The zero-order chi connectivity index (χ0) is 10.7. The fourth-order valence-corrected chi connectivity index (χ4v) is 1.93. The first-order valence-electron chi connectivity index (χ1n) is 5.48. The number of ether oxygens (including phenoxy) is 1. The highest BCUT2D eigenvalue weighted by Crippen LogP contribution is 2.35. The Morgan fingerprint density at radius 1 is 1.47 bits per heavy atom. The van der Waals surface area contributed by atoms with Gasteiger partial charge in [-0.15, -0.1) is 0 Å². The first-order chi connectivity index (χ1) is 7.45. The molecule has 0 aromatic carbocycles. The van der Waals surface area contributed by atoms with Gasteiger partial charge in [0.2, 0.25) is 0 Å². The van der Waals surface area contributed by atoms with Crippen LogP contribution in [-0.2, 0) is 0 Å². The second-order valence-electron chi connectivity index (χ2n) is 3.29. The van der Waals surface area contributed by atoms with E-state index in [0.29, 0.717) is 6.61 Å². The maximum absolute atomic E-state index is 5.55. The molecule has 0 radical (unpaired) electrons. The number of pyridine rings is 1. The molecular formula is C12H18N2O. The third kappa shape index (κ3) is 1.69. The third-order valence-electron chi connectivity index (χ3n) is 2.56. The number of aromatic nitrogens is 1. The summed E-state index contributed by atoms with van der Waals surface area (Å²) in [5.41, 5.74) is 3.86. The van der Waals surface area contributed by atoms with E-state index in [2.05, 4.69) is 10.3 Å². The molecule has 1 aromatic rings. The Labute approximate surface area is 91.7 Å². The van der Waals surface area contributed by atoms with Gasteiger partial charge >= 0.3 is 0 Å². The molecule has 0 spiro atoms. The molecule has 0 saturated carbocycles. The first-order valence-corrected chi connectivity index (χ1v) is 5.48. The summed E-state index contributed by atoms with van der Waals surface area (Å²) in [6.07, 6.45) is 4.71. The standard InChI is InChI=1S/C10H10N2O.C2H6.H2/c1-3-11-5-10-8(1)7-2-4-12-9(7)6-13-10;1-2;/h1,3,5,12H,2,4,6H2;1-2H3;1H. The van der Waals surface area contributed by atoms with Gasteiger partial charge in [-0.25, -0.2) is 0 Å². The highest BCUT2D eigenvalue weighted by Gasteiger charge is 2.23. The Kier molecular flexibility index (Phi) is 2.90. The maximum atomic E-state index is 5.55. The van der Waals surface area contributed by atoms with Crippen molar-refractivity contribution in [2.24, 2.45) is 0 Å². The van der Waals surface area contributed by atoms with Crippen LogP contribution in [-0.4, -0.2) is 18.1 Å². The molecule has 15 heavy (non-hydrogen) atoms. The molecule has 0 fully saturated rings. The molecule has 3 heteroatoms. The minimum atomic E-state index is 0. The lowest BCUT2D eigenvalue weighted by molar-refractivity contribution is 0.338. The normalized spacial score (nSPS) is 16.7. The van der Waals surface area contributed by atoms with Crippen molar-refractivity contribution in [2.45, 2.75) is 20.3 Å². The Hall–Kier alpha value is -1.51. The van der Waals surface area contributed by atoms with Crippen LogP contribution >= 0.6 is 0 Å². The molecule has 2 aliphatic rings. The highest BCUT2D eigenvalue weighted by molar-refractivity contribution is 5.75. The molecule has 1 N–H and O–H groups in total. The SMILES string of the molecule is CC.[HH].c1cc2c(cn1)OCC1=C2CCN1. The average Bonchev–Trinajstić information content (AvgIpc) is 2.80. The first kappa shape index (κ1) is 10.0. The van der Waals surface area contributed by atoms with Crippen LogP contribution in [0.1, 0.15) is 27.3 Å². The number of nitrogens with zero attached hydrogens (tertiary/aromatic N) is 1.